The summed E-state index contributed by atoms with van der Waals surface area (Å²) in [6.45, 7) is 5.51. The van der Waals surface area contributed by atoms with Crippen molar-refractivity contribution in [1.82, 2.24) is 4.57 Å². The largest absolute Gasteiger partial charge is 0.495 e. The zero-order chi connectivity index (χ0) is 18.7. The van der Waals surface area contributed by atoms with Crippen molar-refractivity contribution in [3.63, 3.8) is 0 Å². The van der Waals surface area contributed by atoms with Crippen LogP contribution in [-0.2, 0) is 11.8 Å². The molecule has 0 fully saturated rings. The highest BCUT2D eigenvalue weighted by Crippen LogP contribution is 2.29. The molecular weight excluding hydrogens is 344 g/mol. The average molecular weight is 365 g/mol. The van der Waals surface area contributed by atoms with Gasteiger partial charge in [0.2, 0.25) is 0 Å². The summed E-state index contributed by atoms with van der Waals surface area (Å²) in [7, 11) is 3.24. The molecule has 0 saturated heterocycles. The van der Waals surface area contributed by atoms with Crippen molar-refractivity contribution in [3.05, 3.63) is 45.7 Å². The number of halogens is 1. The summed E-state index contributed by atoms with van der Waals surface area (Å²) in [4.78, 5) is 25.0. The Balaban J connectivity index is 2.43. The van der Waals surface area contributed by atoms with Crippen LogP contribution in [-0.4, -0.2) is 30.2 Å². The van der Waals surface area contributed by atoms with Gasteiger partial charge in [-0.2, -0.15) is 0 Å². The molecule has 0 saturated carbocycles. The fourth-order valence-electron chi connectivity index (χ4n) is 2.76. The number of benzene rings is 1. The van der Waals surface area contributed by atoms with Gasteiger partial charge in [-0.15, -0.1) is 0 Å². The molecule has 6 nitrogen and oxygen atoms in total. The van der Waals surface area contributed by atoms with Gasteiger partial charge in [0, 0.05) is 17.8 Å². The molecule has 25 heavy (non-hydrogen) atoms. The van der Waals surface area contributed by atoms with Crippen LogP contribution < -0.4 is 10.1 Å². The van der Waals surface area contributed by atoms with Crippen molar-refractivity contribution in [1.29, 1.82) is 0 Å². The molecule has 2 aromatic rings. The van der Waals surface area contributed by atoms with Crippen LogP contribution in [0.2, 0.25) is 5.02 Å². The molecule has 0 atom stereocenters. The molecule has 0 bridgehead atoms. The van der Waals surface area contributed by atoms with E-state index in [0.717, 1.165) is 0 Å². The number of nitrogens with one attached hydrogen (secondary N) is 1. The summed E-state index contributed by atoms with van der Waals surface area (Å²) in [5.74, 6) is -0.304. The van der Waals surface area contributed by atoms with E-state index in [2.05, 4.69) is 5.32 Å². The Bertz CT molecular complexity index is 827. The minimum Gasteiger partial charge on any atom is -0.495 e. The van der Waals surface area contributed by atoms with Crippen LogP contribution in [0.1, 0.15) is 39.0 Å². The number of hydrogen-bond acceptors (Lipinski definition) is 4. The first kappa shape index (κ1) is 18.9. The van der Waals surface area contributed by atoms with Crippen molar-refractivity contribution < 1.29 is 19.1 Å². The van der Waals surface area contributed by atoms with Crippen molar-refractivity contribution in [2.24, 2.45) is 7.05 Å². The summed E-state index contributed by atoms with van der Waals surface area (Å²) in [6, 6.07) is 4.96. The molecule has 134 valence electrons. The second-order valence-corrected chi connectivity index (χ2v) is 5.95. The van der Waals surface area contributed by atoms with E-state index in [-0.39, 0.29) is 12.5 Å². The first-order valence-electron chi connectivity index (χ1n) is 7.79. The fraction of sp³-hybridized carbons (Fsp3) is 0.333. The lowest BCUT2D eigenvalue weighted by molar-refractivity contribution is 0.0514. The number of methoxy groups -OCH3 is 1. The normalized spacial score (nSPS) is 10.5. The van der Waals surface area contributed by atoms with Gasteiger partial charge in [-0.1, -0.05) is 11.6 Å². The highest BCUT2D eigenvalue weighted by molar-refractivity contribution is 6.31. The van der Waals surface area contributed by atoms with Gasteiger partial charge in [-0.25, -0.2) is 4.79 Å². The number of ether oxygens (including phenoxy) is 2. The van der Waals surface area contributed by atoms with Gasteiger partial charge < -0.3 is 19.4 Å². The molecule has 1 amide bonds. The molecule has 1 aromatic heterocycles. The smallest absolute Gasteiger partial charge is 0.355 e. The number of anilines is 1. The van der Waals surface area contributed by atoms with E-state index in [4.69, 9.17) is 21.1 Å². The Kier molecular flexibility index (Phi) is 5.74. The molecule has 0 spiro atoms. The van der Waals surface area contributed by atoms with Gasteiger partial charge in [-0.3, -0.25) is 4.79 Å². The second-order valence-electron chi connectivity index (χ2n) is 5.51. The summed E-state index contributed by atoms with van der Waals surface area (Å²) in [5, 5.41) is 3.27. The maximum Gasteiger partial charge on any atom is 0.355 e. The molecule has 0 aliphatic heterocycles. The van der Waals surface area contributed by atoms with E-state index in [1.54, 1.807) is 50.6 Å². The zero-order valence-corrected chi connectivity index (χ0v) is 15.7. The SMILES string of the molecule is CCOC(=O)c1c(C)c(C(=O)Nc2cc(Cl)ccc2OC)c(C)n1C. The quantitative estimate of drug-likeness (QED) is 0.820. The van der Waals surface area contributed by atoms with E-state index in [9.17, 15) is 9.59 Å². The average Bonchev–Trinajstić information content (AvgIpc) is 2.77. The third-order valence-electron chi connectivity index (χ3n) is 4.04. The molecule has 1 aromatic carbocycles. The lowest BCUT2D eigenvalue weighted by Crippen LogP contribution is -2.15. The number of aromatic nitrogens is 1. The predicted molar refractivity (Wildman–Crippen MR) is 96.8 cm³/mol. The predicted octanol–water partition coefficient (Wildman–Crippen LogP) is 3.73. The molecule has 1 heterocycles. The van der Waals surface area contributed by atoms with Crippen molar-refractivity contribution in [3.8, 4) is 5.75 Å². The van der Waals surface area contributed by atoms with E-state index < -0.39 is 5.97 Å². The van der Waals surface area contributed by atoms with Gasteiger partial charge in [-0.05, 0) is 44.5 Å². The van der Waals surface area contributed by atoms with Crippen LogP contribution in [0, 0.1) is 13.8 Å². The van der Waals surface area contributed by atoms with E-state index in [1.165, 1.54) is 7.11 Å². The Morgan fingerprint density at radius 3 is 2.56 bits per heavy atom. The Hall–Kier alpha value is -2.47. The highest BCUT2D eigenvalue weighted by atomic mass is 35.5. The van der Waals surface area contributed by atoms with Gasteiger partial charge >= 0.3 is 5.97 Å². The van der Waals surface area contributed by atoms with Crippen LogP contribution >= 0.6 is 11.6 Å². The molecule has 0 aliphatic rings. The number of rotatable bonds is 5. The van der Waals surface area contributed by atoms with E-state index in [0.29, 0.717) is 39.0 Å². The maximum atomic E-state index is 12.8. The maximum absolute atomic E-state index is 12.8. The summed E-state index contributed by atoms with van der Waals surface area (Å²) >= 11 is 6.00. The van der Waals surface area contributed by atoms with Crippen LogP contribution in [0.5, 0.6) is 5.75 Å². The first-order valence-corrected chi connectivity index (χ1v) is 8.17. The molecule has 7 heteroatoms. The van der Waals surface area contributed by atoms with Crippen LogP contribution in [0.25, 0.3) is 0 Å². The van der Waals surface area contributed by atoms with Crippen molar-refractivity contribution in [2.45, 2.75) is 20.8 Å². The zero-order valence-electron chi connectivity index (χ0n) is 14.9. The number of nitrogens with zero attached hydrogens (tertiary/aromatic N) is 1. The van der Waals surface area contributed by atoms with Gasteiger partial charge in [0.25, 0.3) is 5.91 Å². The molecule has 0 aliphatic carbocycles. The second kappa shape index (κ2) is 7.61. The third kappa shape index (κ3) is 3.64. The summed E-state index contributed by atoms with van der Waals surface area (Å²) < 4.78 is 12.0. The van der Waals surface area contributed by atoms with Crippen molar-refractivity contribution in [2.75, 3.05) is 19.0 Å². The van der Waals surface area contributed by atoms with Crippen LogP contribution in [0.4, 0.5) is 5.69 Å². The third-order valence-corrected chi connectivity index (χ3v) is 4.27. The minimum absolute atomic E-state index is 0.268. The highest BCUT2D eigenvalue weighted by Gasteiger charge is 2.26. The molecular formula is C18H21ClN2O4. The van der Waals surface area contributed by atoms with Crippen LogP contribution in [0.15, 0.2) is 18.2 Å². The Labute approximate surface area is 151 Å². The topological polar surface area (TPSA) is 69.6 Å². The Morgan fingerprint density at radius 1 is 1.28 bits per heavy atom. The molecule has 1 N–H and O–H groups in total. The monoisotopic (exact) mass is 364 g/mol. The van der Waals surface area contributed by atoms with Crippen LogP contribution in [0.3, 0.4) is 0 Å². The van der Waals surface area contributed by atoms with Gasteiger partial charge in [0.05, 0.1) is 25.0 Å². The van der Waals surface area contributed by atoms with Crippen molar-refractivity contribution >= 4 is 29.2 Å². The first-order chi connectivity index (χ1) is 11.8. The van der Waals surface area contributed by atoms with Gasteiger partial charge in [0.1, 0.15) is 11.4 Å². The van der Waals surface area contributed by atoms with E-state index in [1.807, 2.05) is 0 Å². The summed E-state index contributed by atoms with van der Waals surface area (Å²) in [6.07, 6.45) is 0. The number of carbonyl (C=O) groups excluding carboxylic acids is 2. The van der Waals surface area contributed by atoms with Gasteiger partial charge in [0.15, 0.2) is 0 Å². The number of carbonyl (C=O) groups is 2. The number of hydrogen-bond donors (Lipinski definition) is 1. The molecule has 0 radical (unpaired) electrons. The number of esters is 1. The Morgan fingerprint density at radius 2 is 1.96 bits per heavy atom. The fourth-order valence-corrected chi connectivity index (χ4v) is 2.94. The number of amides is 1. The van der Waals surface area contributed by atoms with E-state index >= 15 is 0 Å². The summed E-state index contributed by atoms with van der Waals surface area (Å²) in [5.41, 5.74) is 2.48. The molecule has 0 unspecified atom stereocenters. The minimum atomic E-state index is -0.454. The lowest BCUT2D eigenvalue weighted by atomic mass is 10.1. The molecule has 2 rings (SSSR count). The lowest BCUT2D eigenvalue weighted by Gasteiger charge is -2.11. The standard InChI is InChI=1S/C18H21ClN2O4/c1-6-25-18(23)16-10(2)15(11(3)21(16)4)17(22)20-13-9-12(19)7-8-14(13)24-5/h7-9H,6H2,1-5H3,(H,20,22).